The van der Waals surface area contributed by atoms with Crippen molar-refractivity contribution in [2.24, 2.45) is 0 Å². The molecular weight excluding hydrogens is 108 g/mol. The van der Waals surface area contributed by atoms with E-state index in [-0.39, 0.29) is 6.61 Å². The molecule has 0 bridgehead atoms. The molecule has 0 rings (SSSR count). The van der Waals surface area contributed by atoms with Gasteiger partial charge in [-0.15, -0.1) is 5.59 Å². The fraction of sp³-hybridized carbons (Fsp3) is 1.00. The predicted molar refractivity (Wildman–Crippen MR) is 29.9 cm³/mol. The first-order valence-corrected chi connectivity index (χ1v) is 2.42. The summed E-state index contributed by atoms with van der Waals surface area (Å²) in [5.41, 5.74) is 2.52. The summed E-state index contributed by atoms with van der Waals surface area (Å²) >= 11 is 0. The molecule has 0 aromatic heterocycles. The fourth-order valence-corrected chi connectivity index (χ4v) is 0.351. The van der Waals surface area contributed by atoms with E-state index in [2.05, 4.69) is 10.4 Å². The van der Waals surface area contributed by atoms with Crippen LogP contribution in [0.2, 0.25) is 0 Å². The molecule has 50 valence electrons. The lowest BCUT2D eigenvalue weighted by Gasteiger charge is -2.13. The summed E-state index contributed by atoms with van der Waals surface area (Å²) in [6.07, 6.45) is 0. The largest absolute Gasteiger partial charge is 0.395 e. The molecule has 0 radical (unpaired) electrons. The second-order valence-corrected chi connectivity index (χ2v) is 1.44. The average Bonchev–Trinajstić information content (AvgIpc) is 1.68. The van der Waals surface area contributed by atoms with Crippen molar-refractivity contribution in [3.05, 3.63) is 0 Å². The first-order valence-electron chi connectivity index (χ1n) is 2.42. The van der Waals surface area contributed by atoms with Crippen LogP contribution in [0.5, 0.6) is 0 Å². The molecule has 0 aromatic carbocycles. The molecule has 0 spiro atoms. The number of hydrogen-bond donors (Lipinski definition) is 2. The summed E-state index contributed by atoms with van der Waals surface area (Å²) in [6.45, 7) is 0.695. The molecule has 0 aromatic rings. The minimum absolute atomic E-state index is 0.132. The Bertz CT molecular complexity index is 45.3. The monoisotopic (exact) mass is 120 g/mol. The first-order chi connectivity index (χ1) is 3.81. The van der Waals surface area contributed by atoms with Crippen molar-refractivity contribution in [2.45, 2.75) is 0 Å². The first kappa shape index (κ1) is 7.84. The Hall–Kier alpha value is -0.160. The van der Waals surface area contributed by atoms with E-state index < -0.39 is 0 Å². The van der Waals surface area contributed by atoms with E-state index in [4.69, 9.17) is 5.11 Å². The SMILES string of the molecule is CONN(C)CCO. The molecule has 4 heteroatoms. The van der Waals surface area contributed by atoms with E-state index >= 15 is 0 Å². The Morgan fingerprint density at radius 3 is 2.75 bits per heavy atom. The number of hydrazine groups is 1. The third kappa shape index (κ3) is 4.01. The summed E-state index contributed by atoms with van der Waals surface area (Å²) in [6, 6.07) is 0. The molecule has 0 saturated carbocycles. The molecular formula is C4H12N2O2. The number of rotatable bonds is 4. The summed E-state index contributed by atoms with van der Waals surface area (Å²) in [5, 5.41) is 9.96. The summed E-state index contributed by atoms with van der Waals surface area (Å²) in [7, 11) is 3.30. The molecule has 0 unspecified atom stereocenters. The van der Waals surface area contributed by atoms with Crippen LogP contribution in [0.25, 0.3) is 0 Å². The van der Waals surface area contributed by atoms with Gasteiger partial charge in [0, 0.05) is 13.6 Å². The Kier molecular flexibility index (Phi) is 4.89. The molecule has 0 atom stereocenters. The van der Waals surface area contributed by atoms with Crippen molar-refractivity contribution in [2.75, 3.05) is 27.3 Å². The number of nitrogens with one attached hydrogen (secondary N) is 1. The lowest BCUT2D eigenvalue weighted by Crippen LogP contribution is -2.35. The maximum atomic E-state index is 8.33. The summed E-state index contributed by atoms with van der Waals surface area (Å²) in [4.78, 5) is 4.52. The van der Waals surface area contributed by atoms with Crippen LogP contribution < -0.4 is 5.59 Å². The van der Waals surface area contributed by atoms with Crippen LogP contribution in [0, 0.1) is 0 Å². The van der Waals surface area contributed by atoms with Crippen LogP contribution in [0.1, 0.15) is 0 Å². The molecule has 0 saturated heterocycles. The van der Waals surface area contributed by atoms with E-state index in [0.29, 0.717) is 6.54 Å². The van der Waals surface area contributed by atoms with Crippen molar-refractivity contribution >= 4 is 0 Å². The van der Waals surface area contributed by atoms with Gasteiger partial charge in [-0.05, 0) is 0 Å². The highest BCUT2D eigenvalue weighted by Crippen LogP contribution is 1.69. The fourth-order valence-electron chi connectivity index (χ4n) is 0.351. The van der Waals surface area contributed by atoms with Crippen molar-refractivity contribution in [1.82, 2.24) is 10.6 Å². The van der Waals surface area contributed by atoms with E-state index in [1.165, 1.54) is 7.11 Å². The third-order valence-electron chi connectivity index (χ3n) is 0.683. The number of aliphatic hydroxyl groups excluding tert-OH is 1. The molecule has 0 aliphatic heterocycles. The van der Waals surface area contributed by atoms with Gasteiger partial charge in [-0.2, -0.15) is 0 Å². The zero-order valence-corrected chi connectivity index (χ0v) is 5.22. The van der Waals surface area contributed by atoms with Crippen LogP contribution in [0.4, 0.5) is 0 Å². The molecule has 4 nitrogen and oxygen atoms in total. The molecule has 0 amide bonds. The molecule has 0 aliphatic carbocycles. The molecule has 0 fully saturated rings. The quantitative estimate of drug-likeness (QED) is 0.466. The maximum Gasteiger partial charge on any atom is 0.0588 e. The van der Waals surface area contributed by atoms with Crippen molar-refractivity contribution < 1.29 is 9.94 Å². The van der Waals surface area contributed by atoms with Gasteiger partial charge < -0.3 is 5.11 Å². The molecule has 2 N–H and O–H groups in total. The van der Waals surface area contributed by atoms with E-state index in [9.17, 15) is 0 Å². The van der Waals surface area contributed by atoms with Gasteiger partial charge in [0.2, 0.25) is 0 Å². The minimum atomic E-state index is 0.132. The standard InChI is InChI=1S/C4H12N2O2/c1-6(3-4-7)5-8-2/h5,7H,3-4H2,1-2H3. The van der Waals surface area contributed by atoms with Gasteiger partial charge in [-0.1, -0.05) is 0 Å². The van der Waals surface area contributed by atoms with Crippen LogP contribution >= 0.6 is 0 Å². The maximum absolute atomic E-state index is 8.33. The van der Waals surface area contributed by atoms with Gasteiger partial charge in [-0.3, -0.25) is 4.84 Å². The van der Waals surface area contributed by atoms with Crippen LogP contribution in [0.3, 0.4) is 0 Å². The topological polar surface area (TPSA) is 44.7 Å². The van der Waals surface area contributed by atoms with Crippen molar-refractivity contribution in [1.29, 1.82) is 0 Å². The van der Waals surface area contributed by atoms with Gasteiger partial charge in [-0.25, -0.2) is 5.01 Å². The third-order valence-corrected chi connectivity index (χ3v) is 0.683. The smallest absolute Gasteiger partial charge is 0.0588 e. The number of nitrogens with zero attached hydrogens (tertiary/aromatic N) is 1. The zero-order chi connectivity index (χ0) is 6.41. The minimum Gasteiger partial charge on any atom is -0.395 e. The molecule has 0 aliphatic rings. The summed E-state index contributed by atoms with van der Waals surface area (Å²) in [5.74, 6) is 0. The number of aliphatic hydroxyl groups is 1. The normalized spacial score (nSPS) is 10.5. The Morgan fingerprint density at radius 1 is 1.75 bits per heavy atom. The van der Waals surface area contributed by atoms with E-state index in [0.717, 1.165) is 0 Å². The second-order valence-electron chi connectivity index (χ2n) is 1.44. The van der Waals surface area contributed by atoms with Crippen LogP contribution in [0.15, 0.2) is 0 Å². The van der Waals surface area contributed by atoms with E-state index in [1.807, 2.05) is 0 Å². The predicted octanol–water partition coefficient (Wildman–Crippen LogP) is -1.02. The van der Waals surface area contributed by atoms with Crippen LogP contribution in [-0.4, -0.2) is 37.4 Å². The Labute approximate surface area is 49.0 Å². The number of likely N-dealkylation sites (N-methyl/N-ethyl adjacent to an activating group) is 1. The summed E-state index contributed by atoms with van der Waals surface area (Å²) < 4.78 is 0. The van der Waals surface area contributed by atoms with Crippen LogP contribution in [-0.2, 0) is 4.84 Å². The Balaban J connectivity index is 2.92. The second kappa shape index (κ2) is 4.99. The highest BCUT2D eigenvalue weighted by atomic mass is 16.7. The molecule has 8 heavy (non-hydrogen) atoms. The van der Waals surface area contributed by atoms with Gasteiger partial charge >= 0.3 is 0 Å². The Morgan fingerprint density at radius 2 is 2.38 bits per heavy atom. The molecule has 0 heterocycles. The lowest BCUT2D eigenvalue weighted by atomic mass is 10.7. The van der Waals surface area contributed by atoms with Gasteiger partial charge in [0.05, 0.1) is 13.7 Å². The highest BCUT2D eigenvalue weighted by Gasteiger charge is 1.90. The van der Waals surface area contributed by atoms with Gasteiger partial charge in [0.15, 0.2) is 0 Å². The van der Waals surface area contributed by atoms with Gasteiger partial charge in [0.25, 0.3) is 0 Å². The van der Waals surface area contributed by atoms with Crippen molar-refractivity contribution in [3.8, 4) is 0 Å². The lowest BCUT2D eigenvalue weighted by molar-refractivity contribution is -0.0468. The van der Waals surface area contributed by atoms with E-state index in [1.54, 1.807) is 12.1 Å². The van der Waals surface area contributed by atoms with Crippen molar-refractivity contribution in [3.63, 3.8) is 0 Å². The van der Waals surface area contributed by atoms with Gasteiger partial charge in [0.1, 0.15) is 0 Å². The average molecular weight is 120 g/mol. The number of hydrogen-bond acceptors (Lipinski definition) is 4. The zero-order valence-electron chi connectivity index (χ0n) is 5.22. The highest BCUT2D eigenvalue weighted by molar-refractivity contribution is 4.32.